The molecule has 1 heterocycles. The summed E-state index contributed by atoms with van der Waals surface area (Å²) in [4.78, 5) is 8.09. The summed E-state index contributed by atoms with van der Waals surface area (Å²) in [6, 6.07) is 10.3. The van der Waals surface area contributed by atoms with Crippen molar-refractivity contribution >= 4 is 23.0 Å². The first kappa shape index (κ1) is 21.0. The Morgan fingerprint density at radius 2 is 1.03 bits per heavy atom. The van der Waals surface area contributed by atoms with Crippen LogP contribution in [0.25, 0.3) is 0 Å². The molecule has 2 N–H and O–H groups in total. The lowest BCUT2D eigenvalue weighted by atomic mass is 10.3. The smallest absolute Gasteiger partial charge is 0.406 e. The molecule has 2 aromatic carbocycles. The Morgan fingerprint density at radius 3 is 1.37 bits per heavy atom. The highest BCUT2D eigenvalue weighted by atomic mass is 19.4. The molecule has 6 nitrogen and oxygen atoms in total. The molecule has 12 heteroatoms. The molecule has 0 aliphatic carbocycles. The normalized spacial score (nSPS) is 11.7. The number of ether oxygens (including phenoxy) is 2. The minimum Gasteiger partial charge on any atom is -0.406 e. The molecule has 0 amide bonds. The maximum absolute atomic E-state index is 12.3. The van der Waals surface area contributed by atoms with Gasteiger partial charge in [-0.2, -0.15) is 0 Å². The van der Waals surface area contributed by atoms with E-state index in [0.717, 1.165) is 24.3 Å². The van der Waals surface area contributed by atoms with Crippen molar-refractivity contribution in [3.05, 3.63) is 60.9 Å². The molecule has 0 saturated carbocycles. The summed E-state index contributed by atoms with van der Waals surface area (Å²) in [5.41, 5.74) is 0.563. The molecule has 0 fully saturated rings. The Bertz CT molecular complexity index is 912. The van der Waals surface area contributed by atoms with E-state index in [1.807, 2.05) is 0 Å². The van der Waals surface area contributed by atoms with E-state index in [4.69, 9.17) is 0 Å². The van der Waals surface area contributed by atoms with Crippen LogP contribution < -0.4 is 20.1 Å². The summed E-state index contributed by atoms with van der Waals surface area (Å²) in [6.07, 6.45) is -7.05. The lowest BCUT2D eigenvalue weighted by molar-refractivity contribution is -0.275. The Labute approximate surface area is 165 Å². The van der Waals surface area contributed by atoms with Gasteiger partial charge in [0, 0.05) is 23.5 Å². The topological polar surface area (TPSA) is 68.3 Å². The summed E-state index contributed by atoms with van der Waals surface area (Å²) < 4.78 is 81.4. The largest absolute Gasteiger partial charge is 0.573 e. The number of halogens is 6. The van der Waals surface area contributed by atoms with Gasteiger partial charge in [-0.15, -0.1) is 26.3 Å². The summed E-state index contributed by atoms with van der Waals surface area (Å²) in [6.45, 7) is 0. The van der Waals surface area contributed by atoms with Crippen molar-refractivity contribution in [2.45, 2.75) is 12.7 Å². The molecule has 30 heavy (non-hydrogen) atoms. The minimum absolute atomic E-state index is 0.221. The summed E-state index contributed by atoms with van der Waals surface area (Å²) in [5.74, 6) is -0.364. The highest BCUT2D eigenvalue weighted by Crippen LogP contribution is 2.28. The van der Waals surface area contributed by atoms with Crippen LogP contribution in [0.2, 0.25) is 0 Å². The SMILES string of the molecule is FC(F)(F)Oc1cccc(Nc2cnc(Nc3cccc(OC(F)(F)F)c3)cn2)c1. The molecule has 0 bridgehead atoms. The number of hydrogen-bond acceptors (Lipinski definition) is 6. The number of aromatic nitrogens is 2. The second-order valence-corrected chi connectivity index (χ2v) is 5.69. The van der Waals surface area contributed by atoms with Gasteiger partial charge in [0.25, 0.3) is 0 Å². The van der Waals surface area contributed by atoms with Gasteiger partial charge in [-0.3, -0.25) is 0 Å². The Hall–Kier alpha value is -3.70. The first-order chi connectivity index (χ1) is 14.1. The highest BCUT2D eigenvalue weighted by Gasteiger charge is 2.31. The summed E-state index contributed by atoms with van der Waals surface area (Å²) >= 11 is 0. The second-order valence-electron chi connectivity index (χ2n) is 5.69. The van der Waals surface area contributed by atoms with Crippen LogP contribution in [0.15, 0.2) is 60.9 Å². The fraction of sp³-hybridized carbons (Fsp3) is 0.111. The Kier molecular flexibility index (Phi) is 5.85. The van der Waals surface area contributed by atoms with Crippen LogP contribution >= 0.6 is 0 Å². The van der Waals surface area contributed by atoms with Crippen molar-refractivity contribution in [3.8, 4) is 11.5 Å². The van der Waals surface area contributed by atoms with Crippen molar-refractivity contribution in [1.29, 1.82) is 0 Å². The lowest BCUT2D eigenvalue weighted by Gasteiger charge is -2.12. The van der Waals surface area contributed by atoms with Gasteiger partial charge in [0.1, 0.15) is 23.1 Å². The molecule has 158 valence electrons. The first-order valence-corrected chi connectivity index (χ1v) is 8.13. The van der Waals surface area contributed by atoms with E-state index in [9.17, 15) is 26.3 Å². The Balaban J connectivity index is 1.65. The molecule has 0 unspecified atom stereocenters. The molecule has 0 atom stereocenters. The second kappa shape index (κ2) is 8.35. The van der Waals surface area contributed by atoms with Gasteiger partial charge < -0.3 is 20.1 Å². The zero-order valence-electron chi connectivity index (χ0n) is 14.8. The number of benzene rings is 2. The number of anilines is 4. The summed E-state index contributed by atoms with van der Waals surface area (Å²) in [7, 11) is 0. The first-order valence-electron chi connectivity index (χ1n) is 8.13. The fourth-order valence-electron chi connectivity index (χ4n) is 2.29. The zero-order valence-corrected chi connectivity index (χ0v) is 14.8. The quantitative estimate of drug-likeness (QED) is 0.485. The van der Waals surface area contributed by atoms with Crippen LogP contribution in [0, 0.1) is 0 Å². The van der Waals surface area contributed by atoms with Gasteiger partial charge in [0.2, 0.25) is 0 Å². The number of hydrogen-bond donors (Lipinski definition) is 2. The van der Waals surface area contributed by atoms with Crippen LogP contribution in [-0.2, 0) is 0 Å². The van der Waals surface area contributed by atoms with E-state index in [1.54, 1.807) is 0 Å². The number of alkyl halides is 6. The van der Waals surface area contributed by atoms with Crippen molar-refractivity contribution < 1.29 is 35.8 Å². The number of rotatable bonds is 6. The van der Waals surface area contributed by atoms with E-state index >= 15 is 0 Å². The predicted octanol–water partition coefficient (Wildman–Crippen LogP) is 5.76. The molecule has 0 spiro atoms. The van der Waals surface area contributed by atoms with Crippen LogP contribution in [0.5, 0.6) is 11.5 Å². The third-order valence-corrected chi connectivity index (χ3v) is 3.33. The molecule has 1 aromatic heterocycles. The van der Waals surface area contributed by atoms with E-state index < -0.39 is 24.2 Å². The molecular weight excluding hydrogens is 418 g/mol. The fourth-order valence-corrected chi connectivity index (χ4v) is 2.29. The average Bonchev–Trinajstić information content (AvgIpc) is 2.61. The van der Waals surface area contributed by atoms with Crippen molar-refractivity contribution in [2.24, 2.45) is 0 Å². The van der Waals surface area contributed by atoms with E-state index in [-0.39, 0.29) is 23.0 Å². The molecular formula is C18H12F6N4O2. The van der Waals surface area contributed by atoms with Crippen LogP contribution in [0.1, 0.15) is 0 Å². The van der Waals surface area contributed by atoms with Gasteiger partial charge in [-0.1, -0.05) is 12.1 Å². The Morgan fingerprint density at radius 1 is 0.633 bits per heavy atom. The lowest BCUT2D eigenvalue weighted by Crippen LogP contribution is -2.17. The maximum Gasteiger partial charge on any atom is 0.573 e. The molecule has 0 radical (unpaired) electrons. The molecule has 3 aromatic rings. The van der Waals surface area contributed by atoms with Crippen LogP contribution in [-0.4, -0.2) is 22.7 Å². The van der Waals surface area contributed by atoms with E-state index in [1.165, 1.54) is 36.7 Å². The third-order valence-electron chi connectivity index (χ3n) is 3.33. The standard InChI is InChI=1S/C18H12F6N4O2/c19-17(20,21)29-13-5-1-3-11(7-13)27-15-9-26-16(10-25-15)28-12-4-2-6-14(8-12)30-18(22,23)24/h1-10H,(H,25,27)(H,26,28). The molecule has 3 rings (SSSR count). The van der Waals surface area contributed by atoms with Crippen molar-refractivity contribution in [2.75, 3.05) is 10.6 Å². The van der Waals surface area contributed by atoms with Gasteiger partial charge in [-0.25, -0.2) is 9.97 Å². The summed E-state index contributed by atoms with van der Waals surface area (Å²) in [5, 5.41) is 5.52. The van der Waals surface area contributed by atoms with Gasteiger partial charge in [-0.05, 0) is 24.3 Å². The minimum atomic E-state index is -4.81. The van der Waals surface area contributed by atoms with Crippen LogP contribution in [0.3, 0.4) is 0 Å². The van der Waals surface area contributed by atoms with Crippen molar-refractivity contribution in [1.82, 2.24) is 9.97 Å². The number of nitrogens with zero attached hydrogens (tertiary/aromatic N) is 2. The highest BCUT2D eigenvalue weighted by molar-refractivity contribution is 5.60. The predicted molar refractivity (Wildman–Crippen MR) is 94.8 cm³/mol. The van der Waals surface area contributed by atoms with E-state index in [2.05, 4.69) is 30.1 Å². The van der Waals surface area contributed by atoms with Gasteiger partial charge >= 0.3 is 12.7 Å². The molecule has 0 aliphatic heterocycles. The van der Waals surface area contributed by atoms with Gasteiger partial charge in [0.05, 0.1) is 12.4 Å². The monoisotopic (exact) mass is 430 g/mol. The van der Waals surface area contributed by atoms with Crippen molar-refractivity contribution in [3.63, 3.8) is 0 Å². The van der Waals surface area contributed by atoms with Crippen LogP contribution in [0.4, 0.5) is 49.4 Å². The molecule has 0 saturated heterocycles. The maximum atomic E-state index is 12.3. The van der Waals surface area contributed by atoms with E-state index in [0.29, 0.717) is 0 Å². The third kappa shape index (κ3) is 6.72. The van der Waals surface area contributed by atoms with Gasteiger partial charge in [0.15, 0.2) is 0 Å². The zero-order chi connectivity index (χ0) is 21.8. The number of nitrogens with one attached hydrogen (secondary N) is 2. The average molecular weight is 430 g/mol. The molecule has 0 aliphatic rings.